The van der Waals surface area contributed by atoms with E-state index in [0.29, 0.717) is 6.54 Å². The molecule has 0 spiro atoms. The van der Waals surface area contributed by atoms with Crippen molar-refractivity contribution in [3.63, 3.8) is 0 Å². The van der Waals surface area contributed by atoms with Gasteiger partial charge in [0.25, 0.3) is 0 Å². The molecule has 0 amide bonds. The molecule has 0 aromatic rings. The third kappa shape index (κ3) is 2.59. The largest absolute Gasteiger partial charge is 0.342 e. The zero-order valence-corrected chi connectivity index (χ0v) is 12.5. The molecule has 0 bridgehead atoms. The number of rotatable bonds is 3. The number of nitrogens with one attached hydrogen (secondary N) is 1. The molecule has 0 unspecified atom stereocenters. The van der Waals surface area contributed by atoms with Crippen LogP contribution in [0, 0.1) is 0 Å². The van der Waals surface area contributed by atoms with Gasteiger partial charge in [-0.3, -0.25) is 0 Å². The van der Waals surface area contributed by atoms with Gasteiger partial charge in [-0.1, -0.05) is 0 Å². The topological polar surface area (TPSA) is 67.4 Å². The average Bonchev–Trinajstić information content (AvgIpc) is 2.80. The lowest BCUT2D eigenvalue weighted by Crippen LogP contribution is -2.57. The molecule has 3 fully saturated rings. The second kappa shape index (κ2) is 4.88. The molecule has 0 aromatic carbocycles. The highest BCUT2D eigenvalue weighted by Crippen LogP contribution is 2.43. The molecular formula is C13H23NO6. The summed E-state index contributed by atoms with van der Waals surface area (Å²) in [5, 5.41) is 0. The lowest BCUT2D eigenvalue weighted by molar-refractivity contribution is -0.235. The number of fused-ring (bicyclic) bond motifs is 3. The van der Waals surface area contributed by atoms with Gasteiger partial charge in [0.15, 0.2) is 17.9 Å². The van der Waals surface area contributed by atoms with Crippen molar-refractivity contribution in [2.24, 2.45) is 0 Å². The second-order valence-corrected chi connectivity index (χ2v) is 6.26. The molecule has 3 aliphatic heterocycles. The van der Waals surface area contributed by atoms with Crippen molar-refractivity contribution in [2.75, 3.05) is 13.7 Å². The Morgan fingerprint density at radius 2 is 1.50 bits per heavy atom. The van der Waals surface area contributed by atoms with Crippen molar-refractivity contribution < 1.29 is 28.5 Å². The zero-order chi connectivity index (χ0) is 14.5. The highest BCUT2D eigenvalue weighted by Gasteiger charge is 2.60. The lowest BCUT2D eigenvalue weighted by Gasteiger charge is -2.37. The first-order valence-corrected chi connectivity index (χ1v) is 6.94. The summed E-state index contributed by atoms with van der Waals surface area (Å²) in [7, 11) is 1.57. The maximum atomic E-state index is 5.99. The molecule has 5 atom stereocenters. The van der Waals surface area contributed by atoms with Gasteiger partial charge in [0.05, 0.1) is 13.7 Å². The average molecular weight is 289 g/mol. The van der Waals surface area contributed by atoms with Crippen molar-refractivity contribution >= 4 is 0 Å². The van der Waals surface area contributed by atoms with Crippen LogP contribution in [0.2, 0.25) is 0 Å². The highest BCUT2D eigenvalue weighted by molar-refractivity contribution is 5.00. The van der Waals surface area contributed by atoms with Crippen LogP contribution in [0.15, 0.2) is 0 Å². The minimum absolute atomic E-state index is 0.214. The summed E-state index contributed by atoms with van der Waals surface area (Å²) in [5.41, 5.74) is 2.80. The van der Waals surface area contributed by atoms with Crippen LogP contribution in [-0.4, -0.2) is 55.9 Å². The van der Waals surface area contributed by atoms with Crippen LogP contribution in [0.4, 0.5) is 0 Å². The van der Waals surface area contributed by atoms with Crippen molar-refractivity contribution in [3.8, 4) is 0 Å². The van der Waals surface area contributed by atoms with Crippen molar-refractivity contribution in [2.45, 2.75) is 70.0 Å². The summed E-state index contributed by atoms with van der Waals surface area (Å²) in [6.45, 7) is 8.01. The van der Waals surface area contributed by atoms with E-state index < -0.39 is 17.9 Å². The first-order valence-electron chi connectivity index (χ1n) is 6.94. The maximum absolute atomic E-state index is 5.99. The maximum Gasteiger partial charge on any atom is 0.190 e. The number of hydrogen-bond donors (Lipinski definition) is 1. The van der Waals surface area contributed by atoms with Crippen molar-refractivity contribution in [3.05, 3.63) is 0 Å². The van der Waals surface area contributed by atoms with Gasteiger partial charge in [0.1, 0.15) is 24.4 Å². The molecule has 0 saturated carbocycles. The Balaban J connectivity index is 1.80. The first kappa shape index (κ1) is 14.6. The van der Waals surface area contributed by atoms with E-state index >= 15 is 0 Å². The fraction of sp³-hybridized carbons (Fsp3) is 1.00. The van der Waals surface area contributed by atoms with Crippen LogP contribution >= 0.6 is 0 Å². The second-order valence-electron chi connectivity index (χ2n) is 6.26. The molecule has 3 saturated heterocycles. The molecule has 3 rings (SSSR count). The van der Waals surface area contributed by atoms with Crippen molar-refractivity contribution in [1.29, 1.82) is 0 Å². The minimum Gasteiger partial charge on any atom is -0.342 e. The molecule has 116 valence electrons. The van der Waals surface area contributed by atoms with Crippen LogP contribution in [0.25, 0.3) is 0 Å². The third-order valence-electron chi connectivity index (χ3n) is 3.68. The number of hydroxylamine groups is 1. The fourth-order valence-corrected chi connectivity index (χ4v) is 3.02. The summed E-state index contributed by atoms with van der Waals surface area (Å²) in [5.74, 6) is -1.34. The van der Waals surface area contributed by atoms with E-state index in [0.717, 1.165) is 0 Å². The Labute approximate surface area is 118 Å². The third-order valence-corrected chi connectivity index (χ3v) is 3.68. The summed E-state index contributed by atoms with van der Waals surface area (Å²) < 4.78 is 29.6. The molecular weight excluding hydrogens is 266 g/mol. The summed E-state index contributed by atoms with van der Waals surface area (Å²) in [6.07, 6.45) is -1.39. The van der Waals surface area contributed by atoms with Gasteiger partial charge in [-0.05, 0) is 27.7 Å². The monoisotopic (exact) mass is 289 g/mol. The van der Waals surface area contributed by atoms with E-state index in [1.807, 2.05) is 27.7 Å². The minimum atomic E-state index is -0.681. The van der Waals surface area contributed by atoms with Gasteiger partial charge < -0.3 is 28.5 Å². The van der Waals surface area contributed by atoms with Gasteiger partial charge in [-0.2, -0.15) is 0 Å². The predicted molar refractivity (Wildman–Crippen MR) is 67.5 cm³/mol. The van der Waals surface area contributed by atoms with E-state index in [1.165, 1.54) is 0 Å². The van der Waals surface area contributed by atoms with Crippen LogP contribution in [-0.2, 0) is 28.5 Å². The molecule has 0 radical (unpaired) electrons. The quantitative estimate of drug-likeness (QED) is 0.760. The number of hydrogen-bond acceptors (Lipinski definition) is 7. The van der Waals surface area contributed by atoms with Gasteiger partial charge in [0, 0.05) is 0 Å². The first-order chi connectivity index (χ1) is 9.31. The molecule has 3 heterocycles. The fourth-order valence-electron chi connectivity index (χ4n) is 3.02. The smallest absolute Gasteiger partial charge is 0.190 e. The Morgan fingerprint density at radius 3 is 2.20 bits per heavy atom. The Bertz CT molecular complexity index is 374. The Kier molecular flexibility index (Phi) is 3.57. The summed E-state index contributed by atoms with van der Waals surface area (Å²) in [6, 6.07) is 0. The van der Waals surface area contributed by atoms with E-state index in [4.69, 9.17) is 28.5 Å². The normalized spacial score (nSPS) is 45.1. The molecule has 20 heavy (non-hydrogen) atoms. The molecule has 3 aliphatic rings. The lowest BCUT2D eigenvalue weighted by atomic mass is 9.99. The van der Waals surface area contributed by atoms with Crippen LogP contribution < -0.4 is 5.48 Å². The molecule has 7 nitrogen and oxygen atoms in total. The molecule has 0 aromatic heterocycles. The summed E-state index contributed by atoms with van der Waals surface area (Å²) in [4.78, 5) is 4.90. The zero-order valence-electron chi connectivity index (χ0n) is 12.5. The Hall–Kier alpha value is -0.280. The van der Waals surface area contributed by atoms with E-state index in [9.17, 15) is 0 Å². The van der Waals surface area contributed by atoms with Gasteiger partial charge in [0.2, 0.25) is 0 Å². The molecule has 1 N–H and O–H groups in total. The standard InChI is InChI=1S/C13H23NO6/c1-12(2)17-8-7(6-14-15-5)16-11-10(9(8)18-12)19-13(3,4)20-11/h7-11,14H,6H2,1-5H3/t7-,8+,9+,10-,11-/m1/s1. The molecule has 0 aliphatic carbocycles. The van der Waals surface area contributed by atoms with Crippen LogP contribution in [0.5, 0.6) is 0 Å². The van der Waals surface area contributed by atoms with E-state index in [1.54, 1.807) is 7.11 Å². The highest BCUT2D eigenvalue weighted by atomic mass is 16.9. The van der Waals surface area contributed by atoms with Gasteiger partial charge in [-0.15, -0.1) is 0 Å². The van der Waals surface area contributed by atoms with E-state index in [2.05, 4.69) is 5.48 Å². The molecule has 7 heteroatoms. The van der Waals surface area contributed by atoms with Crippen LogP contribution in [0.3, 0.4) is 0 Å². The van der Waals surface area contributed by atoms with Gasteiger partial charge >= 0.3 is 0 Å². The predicted octanol–water partition coefficient (Wildman–Crippen LogP) is 0.534. The van der Waals surface area contributed by atoms with Gasteiger partial charge in [-0.25, -0.2) is 5.48 Å². The van der Waals surface area contributed by atoms with E-state index in [-0.39, 0.29) is 24.4 Å². The van der Waals surface area contributed by atoms with Crippen LogP contribution in [0.1, 0.15) is 27.7 Å². The SMILES string of the molecule is CONC[C@H]1O[C@@H]2OC(C)(C)O[C@@H]2[C@H]2OC(C)(C)O[C@H]21. The Morgan fingerprint density at radius 1 is 0.900 bits per heavy atom. The number of ether oxygens (including phenoxy) is 5. The van der Waals surface area contributed by atoms with Crippen molar-refractivity contribution in [1.82, 2.24) is 5.48 Å². The summed E-state index contributed by atoms with van der Waals surface area (Å²) >= 11 is 0.